The zero-order valence-corrected chi connectivity index (χ0v) is 21.8. The molecule has 2 aliphatic rings. The van der Waals surface area contributed by atoms with Gasteiger partial charge in [0.1, 0.15) is 18.0 Å². The van der Waals surface area contributed by atoms with Gasteiger partial charge >= 0.3 is 0 Å². The minimum absolute atomic E-state index is 0.00281. The predicted molar refractivity (Wildman–Crippen MR) is 141 cm³/mol. The molecule has 194 valence electrons. The third-order valence-electron chi connectivity index (χ3n) is 7.22. The number of aryl methyl sites for hydroxylation is 1. The molecule has 0 aromatic heterocycles. The van der Waals surface area contributed by atoms with Crippen molar-refractivity contribution in [2.45, 2.75) is 71.0 Å². The van der Waals surface area contributed by atoms with Crippen LogP contribution in [0.2, 0.25) is 0 Å². The first-order valence-corrected chi connectivity index (χ1v) is 13.5. The van der Waals surface area contributed by atoms with E-state index in [4.69, 9.17) is 9.47 Å². The van der Waals surface area contributed by atoms with E-state index in [0.717, 1.165) is 43.4 Å². The molecule has 2 aliphatic heterocycles. The van der Waals surface area contributed by atoms with E-state index < -0.39 is 0 Å². The van der Waals surface area contributed by atoms with Gasteiger partial charge in [-0.1, -0.05) is 67.6 Å². The van der Waals surface area contributed by atoms with E-state index in [0.29, 0.717) is 44.0 Å². The summed E-state index contributed by atoms with van der Waals surface area (Å²) in [5.41, 5.74) is 2.74. The molecule has 1 saturated heterocycles. The topological polar surface area (TPSA) is 59.1 Å². The summed E-state index contributed by atoms with van der Waals surface area (Å²) in [7, 11) is 0. The van der Waals surface area contributed by atoms with E-state index in [-0.39, 0.29) is 24.0 Å². The molecule has 2 aromatic rings. The molecule has 6 heteroatoms. The summed E-state index contributed by atoms with van der Waals surface area (Å²) < 4.78 is 12.8. The van der Waals surface area contributed by atoms with Crippen molar-refractivity contribution in [3.05, 3.63) is 65.2 Å². The smallest absolute Gasteiger partial charge is 0.257 e. The largest absolute Gasteiger partial charge is 0.485 e. The Balaban J connectivity index is 1.53. The minimum Gasteiger partial charge on any atom is -0.485 e. The Bertz CT molecular complexity index is 1020. The highest BCUT2D eigenvalue weighted by Gasteiger charge is 2.38. The molecular weight excluding hydrogens is 452 g/mol. The summed E-state index contributed by atoms with van der Waals surface area (Å²) in [6.07, 6.45) is 6.48. The second-order valence-corrected chi connectivity index (χ2v) is 10.0. The van der Waals surface area contributed by atoms with Gasteiger partial charge in [0.2, 0.25) is 5.91 Å². The third kappa shape index (κ3) is 6.88. The van der Waals surface area contributed by atoms with Gasteiger partial charge in [0.15, 0.2) is 0 Å². The molecule has 2 amide bonds. The van der Waals surface area contributed by atoms with Crippen LogP contribution in [0.5, 0.6) is 5.75 Å². The predicted octanol–water partition coefficient (Wildman–Crippen LogP) is 5.03. The molecule has 0 saturated carbocycles. The Labute approximate surface area is 215 Å². The number of benzene rings is 2. The Kier molecular flexibility index (Phi) is 9.40. The van der Waals surface area contributed by atoms with Gasteiger partial charge in [-0.2, -0.15) is 0 Å². The average molecular weight is 493 g/mol. The lowest BCUT2D eigenvalue weighted by atomic mass is 10.1. The summed E-state index contributed by atoms with van der Waals surface area (Å²) in [6, 6.07) is 15.6. The fourth-order valence-electron chi connectivity index (χ4n) is 5.16. The summed E-state index contributed by atoms with van der Waals surface area (Å²) in [4.78, 5) is 30.4. The van der Waals surface area contributed by atoms with Crippen LogP contribution in [0.25, 0.3) is 0 Å². The Hall–Kier alpha value is -2.86. The van der Waals surface area contributed by atoms with Gasteiger partial charge in [0.05, 0.1) is 25.1 Å². The second-order valence-electron chi connectivity index (χ2n) is 10.0. The molecule has 1 fully saturated rings. The van der Waals surface area contributed by atoms with E-state index in [9.17, 15) is 9.59 Å². The number of amides is 2. The second kappa shape index (κ2) is 12.9. The standard InChI is InChI=1S/C30H40N2O4/c1-3-31-17-10-6-4-5-7-11-18-35-27-21-32(29(33)20-24-14-12-13-23(2)19-24)22-28(27)36-26-16-9-8-15-25(26)30(31)34/h8-9,12-16,19,27-28H,3-7,10-11,17-18,20-22H2,1-2H3/t27-,28-/m1/s1. The van der Waals surface area contributed by atoms with Crippen LogP contribution in [0.3, 0.4) is 0 Å². The van der Waals surface area contributed by atoms with Gasteiger partial charge < -0.3 is 19.3 Å². The Morgan fingerprint density at radius 3 is 2.50 bits per heavy atom. The maximum absolute atomic E-state index is 13.4. The van der Waals surface area contributed by atoms with Gasteiger partial charge in [0, 0.05) is 19.7 Å². The number of nitrogens with zero attached hydrogens (tertiary/aromatic N) is 2. The highest BCUT2D eigenvalue weighted by Crippen LogP contribution is 2.27. The molecule has 36 heavy (non-hydrogen) atoms. The van der Waals surface area contributed by atoms with Crippen molar-refractivity contribution >= 4 is 11.8 Å². The Morgan fingerprint density at radius 2 is 1.69 bits per heavy atom. The first-order valence-electron chi connectivity index (χ1n) is 13.5. The summed E-state index contributed by atoms with van der Waals surface area (Å²) in [5, 5.41) is 0. The van der Waals surface area contributed by atoms with Crippen LogP contribution in [-0.4, -0.2) is 66.6 Å². The van der Waals surface area contributed by atoms with Crippen LogP contribution in [0.15, 0.2) is 48.5 Å². The number of carbonyl (C=O) groups excluding carboxylic acids is 2. The molecule has 0 bridgehead atoms. The maximum Gasteiger partial charge on any atom is 0.257 e. The number of carbonyl (C=O) groups is 2. The first kappa shape index (κ1) is 26.2. The fraction of sp³-hybridized carbons (Fsp3) is 0.533. The van der Waals surface area contributed by atoms with Crippen molar-refractivity contribution in [3.63, 3.8) is 0 Å². The lowest BCUT2D eigenvalue weighted by Crippen LogP contribution is -2.35. The lowest BCUT2D eigenvalue weighted by Gasteiger charge is -2.25. The van der Waals surface area contributed by atoms with Gasteiger partial charge in [-0.3, -0.25) is 9.59 Å². The molecule has 0 N–H and O–H groups in total. The van der Waals surface area contributed by atoms with E-state index in [2.05, 4.69) is 6.07 Å². The van der Waals surface area contributed by atoms with Crippen molar-refractivity contribution in [1.29, 1.82) is 0 Å². The Morgan fingerprint density at radius 1 is 0.944 bits per heavy atom. The summed E-state index contributed by atoms with van der Waals surface area (Å²) >= 11 is 0. The van der Waals surface area contributed by atoms with Crippen LogP contribution < -0.4 is 4.74 Å². The number of hydrogen-bond acceptors (Lipinski definition) is 4. The molecular formula is C30H40N2O4. The van der Waals surface area contributed by atoms with Crippen LogP contribution in [0, 0.1) is 6.92 Å². The van der Waals surface area contributed by atoms with E-state index in [1.807, 2.05) is 66.1 Å². The number of hydrogen-bond donors (Lipinski definition) is 0. The highest BCUT2D eigenvalue weighted by molar-refractivity contribution is 5.97. The molecule has 0 unspecified atom stereocenters. The van der Waals surface area contributed by atoms with Crippen molar-refractivity contribution < 1.29 is 19.1 Å². The normalized spacial score (nSPS) is 22.0. The number of ether oxygens (including phenoxy) is 2. The zero-order chi connectivity index (χ0) is 25.3. The average Bonchev–Trinajstić information content (AvgIpc) is 3.27. The SMILES string of the molecule is CCN1CCCCCCCCO[C@@H]2CN(C(=O)Cc3cccc(C)c3)C[C@H]2Oc2ccccc2C1=O. The fourth-order valence-corrected chi connectivity index (χ4v) is 5.16. The molecule has 2 aromatic carbocycles. The van der Waals surface area contributed by atoms with Gasteiger partial charge in [0.25, 0.3) is 5.91 Å². The number of fused-ring (bicyclic) bond motifs is 2. The minimum atomic E-state index is -0.316. The zero-order valence-electron chi connectivity index (χ0n) is 21.8. The van der Waals surface area contributed by atoms with E-state index in [1.54, 1.807) is 0 Å². The van der Waals surface area contributed by atoms with Gasteiger partial charge in [-0.05, 0) is 44.4 Å². The molecule has 0 spiro atoms. The van der Waals surface area contributed by atoms with Crippen molar-refractivity contribution in [3.8, 4) is 5.75 Å². The van der Waals surface area contributed by atoms with Crippen LogP contribution in [0.1, 0.15) is 66.9 Å². The first-order chi connectivity index (χ1) is 17.5. The van der Waals surface area contributed by atoms with Crippen LogP contribution in [-0.2, 0) is 16.0 Å². The molecule has 0 aliphatic carbocycles. The van der Waals surface area contributed by atoms with E-state index >= 15 is 0 Å². The van der Waals surface area contributed by atoms with Gasteiger partial charge in [-0.25, -0.2) is 0 Å². The van der Waals surface area contributed by atoms with Crippen LogP contribution in [0.4, 0.5) is 0 Å². The van der Waals surface area contributed by atoms with Gasteiger partial charge in [-0.15, -0.1) is 0 Å². The lowest BCUT2D eigenvalue weighted by molar-refractivity contribution is -0.130. The van der Waals surface area contributed by atoms with Crippen molar-refractivity contribution in [2.75, 3.05) is 32.8 Å². The highest BCUT2D eigenvalue weighted by atomic mass is 16.5. The number of rotatable bonds is 3. The molecule has 6 nitrogen and oxygen atoms in total. The molecule has 2 atom stereocenters. The molecule has 2 heterocycles. The number of para-hydroxylation sites is 1. The number of likely N-dealkylation sites (tertiary alicyclic amines) is 1. The van der Waals surface area contributed by atoms with Crippen molar-refractivity contribution in [1.82, 2.24) is 9.80 Å². The third-order valence-corrected chi connectivity index (χ3v) is 7.22. The van der Waals surface area contributed by atoms with Crippen molar-refractivity contribution in [2.24, 2.45) is 0 Å². The monoisotopic (exact) mass is 492 g/mol. The summed E-state index contributed by atoms with van der Waals surface area (Å²) in [6.45, 7) is 7.12. The maximum atomic E-state index is 13.4. The summed E-state index contributed by atoms with van der Waals surface area (Å²) in [5.74, 6) is 0.648. The van der Waals surface area contributed by atoms with E-state index in [1.165, 1.54) is 12.8 Å². The molecule has 4 rings (SSSR count). The quantitative estimate of drug-likeness (QED) is 0.603. The van der Waals surface area contributed by atoms with Crippen LogP contribution >= 0.6 is 0 Å². The molecule has 0 radical (unpaired) electrons.